The van der Waals surface area contributed by atoms with Crippen LogP contribution < -0.4 is 10.6 Å². The number of hydrogen-bond acceptors (Lipinski definition) is 4. The molecule has 8 nitrogen and oxygen atoms in total. The number of benzene rings is 1. The van der Waals surface area contributed by atoms with Gasteiger partial charge < -0.3 is 20.7 Å². The summed E-state index contributed by atoms with van der Waals surface area (Å²) in [7, 11) is 1.54. The van der Waals surface area contributed by atoms with Crippen LogP contribution in [-0.2, 0) is 0 Å². The zero-order chi connectivity index (χ0) is 21.3. The van der Waals surface area contributed by atoms with Crippen LogP contribution in [0, 0.1) is 0 Å². The molecule has 30 heavy (non-hydrogen) atoms. The van der Waals surface area contributed by atoms with Crippen LogP contribution in [-0.4, -0.2) is 50.9 Å². The van der Waals surface area contributed by atoms with E-state index in [9.17, 15) is 14.7 Å². The van der Waals surface area contributed by atoms with Gasteiger partial charge in [-0.1, -0.05) is 12.1 Å². The van der Waals surface area contributed by atoms with Crippen molar-refractivity contribution in [2.75, 3.05) is 7.05 Å². The molecule has 1 aliphatic carbocycles. The van der Waals surface area contributed by atoms with Crippen molar-refractivity contribution in [2.24, 2.45) is 0 Å². The number of aromatic amines is 1. The van der Waals surface area contributed by atoms with E-state index in [0.29, 0.717) is 18.5 Å². The van der Waals surface area contributed by atoms with Gasteiger partial charge in [0, 0.05) is 36.3 Å². The van der Waals surface area contributed by atoms with Crippen molar-refractivity contribution < 1.29 is 14.7 Å². The van der Waals surface area contributed by atoms with Gasteiger partial charge in [-0.2, -0.15) is 5.10 Å². The van der Waals surface area contributed by atoms with Gasteiger partial charge in [0.05, 0.1) is 12.1 Å². The van der Waals surface area contributed by atoms with Gasteiger partial charge in [-0.25, -0.2) is 0 Å². The molecule has 1 aromatic carbocycles. The minimum atomic E-state index is -0.337. The fourth-order valence-electron chi connectivity index (χ4n) is 4.18. The third-order valence-electron chi connectivity index (χ3n) is 5.91. The van der Waals surface area contributed by atoms with Gasteiger partial charge >= 0.3 is 0 Å². The summed E-state index contributed by atoms with van der Waals surface area (Å²) < 4.78 is 1.62. The van der Waals surface area contributed by atoms with E-state index in [-0.39, 0.29) is 35.7 Å². The number of aromatic nitrogens is 3. The van der Waals surface area contributed by atoms with E-state index >= 15 is 0 Å². The minimum Gasteiger partial charge on any atom is -0.393 e. The molecule has 1 unspecified atom stereocenters. The lowest BCUT2D eigenvalue weighted by Crippen LogP contribution is -2.39. The van der Waals surface area contributed by atoms with Gasteiger partial charge in [-0.05, 0) is 50.3 Å². The van der Waals surface area contributed by atoms with E-state index in [0.717, 1.165) is 29.3 Å². The summed E-state index contributed by atoms with van der Waals surface area (Å²) in [6, 6.07) is 9.26. The molecule has 1 aliphatic rings. The predicted octanol–water partition coefficient (Wildman–Crippen LogP) is 2.37. The van der Waals surface area contributed by atoms with Crippen molar-refractivity contribution in [3.8, 4) is 0 Å². The fourth-order valence-corrected chi connectivity index (χ4v) is 4.18. The molecule has 0 bridgehead atoms. The SMILES string of the molecule is CNC(=O)c1cc(C(=O)NC2CCC(O)CC2)n(C(C)c2cccc3[nH]ccc23)n1. The van der Waals surface area contributed by atoms with Crippen LogP contribution in [0.15, 0.2) is 36.5 Å². The number of fused-ring (bicyclic) bond motifs is 1. The minimum absolute atomic E-state index is 0.0103. The monoisotopic (exact) mass is 409 g/mol. The third-order valence-corrected chi connectivity index (χ3v) is 5.91. The number of amides is 2. The van der Waals surface area contributed by atoms with Gasteiger partial charge in [0.2, 0.25) is 0 Å². The highest BCUT2D eigenvalue weighted by atomic mass is 16.3. The maximum absolute atomic E-state index is 13.1. The molecule has 0 radical (unpaired) electrons. The Morgan fingerprint density at radius 1 is 1.20 bits per heavy atom. The zero-order valence-corrected chi connectivity index (χ0v) is 17.2. The predicted molar refractivity (Wildman–Crippen MR) is 113 cm³/mol. The lowest BCUT2D eigenvalue weighted by Gasteiger charge is -2.26. The first kappa shape index (κ1) is 20.2. The first-order chi connectivity index (χ1) is 14.5. The highest BCUT2D eigenvalue weighted by molar-refractivity contribution is 5.98. The number of hydrogen-bond donors (Lipinski definition) is 4. The summed E-state index contributed by atoms with van der Waals surface area (Å²) in [6.45, 7) is 1.97. The van der Waals surface area contributed by atoms with Crippen LogP contribution >= 0.6 is 0 Å². The molecule has 1 fully saturated rings. The Hall–Kier alpha value is -3.13. The van der Waals surface area contributed by atoms with Crippen molar-refractivity contribution in [2.45, 2.75) is 50.8 Å². The van der Waals surface area contributed by atoms with Crippen LogP contribution in [0.5, 0.6) is 0 Å². The Bertz CT molecular complexity index is 1060. The van der Waals surface area contributed by atoms with Crippen molar-refractivity contribution >= 4 is 22.7 Å². The Balaban J connectivity index is 1.68. The standard InChI is InChI=1S/C22H27N5O3/c1-13(16-4-3-5-18-17(16)10-11-24-18)27-20(12-19(26-27)21(29)23-2)22(30)25-14-6-8-15(28)9-7-14/h3-5,10-15,24,28H,6-9H2,1-2H3,(H,23,29)(H,25,30). The normalized spacial score (nSPS) is 20.1. The second kappa shape index (κ2) is 8.31. The Labute approximate surface area is 174 Å². The second-order valence-electron chi connectivity index (χ2n) is 7.88. The lowest BCUT2D eigenvalue weighted by atomic mass is 9.93. The van der Waals surface area contributed by atoms with Crippen molar-refractivity contribution in [3.05, 3.63) is 53.5 Å². The molecule has 3 aromatic rings. The summed E-state index contributed by atoms with van der Waals surface area (Å²) in [5.41, 5.74) is 2.56. The molecule has 1 saturated carbocycles. The van der Waals surface area contributed by atoms with Crippen LogP contribution in [0.3, 0.4) is 0 Å². The van der Waals surface area contributed by atoms with E-state index in [1.165, 1.54) is 0 Å². The molecule has 0 spiro atoms. The topological polar surface area (TPSA) is 112 Å². The number of carbonyl (C=O) groups is 2. The van der Waals surface area contributed by atoms with Crippen LogP contribution in [0.1, 0.15) is 65.2 Å². The largest absolute Gasteiger partial charge is 0.393 e. The van der Waals surface area contributed by atoms with Gasteiger partial charge in [0.1, 0.15) is 5.69 Å². The molecule has 2 amide bonds. The first-order valence-corrected chi connectivity index (χ1v) is 10.3. The average molecular weight is 409 g/mol. The smallest absolute Gasteiger partial charge is 0.271 e. The molecule has 0 saturated heterocycles. The van der Waals surface area contributed by atoms with Gasteiger partial charge in [0.15, 0.2) is 5.69 Å². The Morgan fingerprint density at radius 3 is 2.70 bits per heavy atom. The third kappa shape index (κ3) is 3.82. The maximum Gasteiger partial charge on any atom is 0.271 e. The van der Waals surface area contributed by atoms with Crippen LogP contribution in [0.2, 0.25) is 0 Å². The lowest BCUT2D eigenvalue weighted by molar-refractivity contribution is 0.0856. The van der Waals surface area contributed by atoms with Gasteiger partial charge in [-0.3, -0.25) is 14.3 Å². The van der Waals surface area contributed by atoms with E-state index in [4.69, 9.17) is 0 Å². The highest BCUT2D eigenvalue weighted by Gasteiger charge is 2.26. The van der Waals surface area contributed by atoms with Crippen molar-refractivity contribution in [1.29, 1.82) is 0 Å². The second-order valence-corrected chi connectivity index (χ2v) is 7.88. The zero-order valence-electron chi connectivity index (χ0n) is 17.2. The van der Waals surface area contributed by atoms with Gasteiger partial charge in [0.25, 0.3) is 11.8 Å². The van der Waals surface area contributed by atoms with Crippen molar-refractivity contribution in [1.82, 2.24) is 25.4 Å². The first-order valence-electron chi connectivity index (χ1n) is 10.3. The molecule has 158 valence electrons. The number of nitrogens with one attached hydrogen (secondary N) is 3. The van der Waals surface area contributed by atoms with E-state index in [1.807, 2.05) is 37.4 Å². The molecule has 2 heterocycles. The molecule has 4 rings (SSSR count). The molecular formula is C22H27N5O3. The Morgan fingerprint density at radius 2 is 1.97 bits per heavy atom. The summed E-state index contributed by atoms with van der Waals surface area (Å²) in [5, 5.41) is 20.9. The molecule has 1 atom stereocenters. The molecular weight excluding hydrogens is 382 g/mol. The van der Waals surface area contributed by atoms with E-state index in [2.05, 4.69) is 20.7 Å². The van der Waals surface area contributed by atoms with Gasteiger partial charge in [-0.15, -0.1) is 0 Å². The summed E-state index contributed by atoms with van der Waals surface area (Å²) in [5.74, 6) is -0.595. The average Bonchev–Trinajstić information content (AvgIpc) is 3.41. The molecule has 4 N–H and O–H groups in total. The number of rotatable bonds is 5. The molecule has 8 heteroatoms. The Kier molecular flexibility index (Phi) is 5.59. The fraction of sp³-hybridized carbons (Fsp3) is 0.409. The number of carbonyl (C=O) groups excluding carboxylic acids is 2. The summed E-state index contributed by atoms with van der Waals surface area (Å²) >= 11 is 0. The number of aliphatic hydroxyl groups excluding tert-OH is 1. The number of H-pyrrole nitrogens is 1. The number of aliphatic hydroxyl groups is 1. The van der Waals surface area contributed by atoms with Crippen molar-refractivity contribution in [3.63, 3.8) is 0 Å². The summed E-state index contributed by atoms with van der Waals surface area (Å²) in [4.78, 5) is 28.5. The number of nitrogens with zero attached hydrogens (tertiary/aromatic N) is 2. The van der Waals surface area contributed by atoms with Crippen LogP contribution in [0.25, 0.3) is 10.9 Å². The van der Waals surface area contributed by atoms with E-state index < -0.39 is 0 Å². The molecule has 2 aromatic heterocycles. The highest BCUT2D eigenvalue weighted by Crippen LogP contribution is 2.28. The molecule has 0 aliphatic heterocycles. The maximum atomic E-state index is 13.1. The van der Waals surface area contributed by atoms with E-state index in [1.54, 1.807) is 17.8 Å². The summed E-state index contributed by atoms with van der Waals surface area (Å²) in [6.07, 6.45) is 4.43. The van der Waals surface area contributed by atoms with Crippen LogP contribution in [0.4, 0.5) is 0 Å². The quantitative estimate of drug-likeness (QED) is 0.518.